The minimum Gasteiger partial charge on any atom is -0.469 e. The summed E-state index contributed by atoms with van der Waals surface area (Å²) in [5, 5.41) is 3.31. The summed E-state index contributed by atoms with van der Waals surface area (Å²) in [7, 11) is 3.49. The van der Waals surface area contributed by atoms with Crippen molar-refractivity contribution in [1.82, 2.24) is 5.32 Å². The standard InChI is InChI=1S/C15H29NO2/c1-6-14(2)8-7-9-15(3,11-16-4)12(14)10-13(17)18-5/h12,16H,6-11H2,1-5H3. The Morgan fingerprint density at radius 2 is 1.94 bits per heavy atom. The monoisotopic (exact) mass is 255 g/mol. The zero-order chi connectivity index (χ0) is 13.8. The van der Waals surface area contributed by atoms with Gasteiger partial charge in [0.15, 0.2) is 0 Å². The van der Waals surface area contributed by atoms with Crippen LogP contribution in [0.3, 0.4) is 0 Å². The van der Waals surface area contributed by atoms with Crippen molar-refractivity contribution in [2.24, 2.45) is 16.7 Å². The van der Waals surface area contributed by atoms with E-state index in [0.29, 0.717) is 12.3 Å². The molecule has 1 saturated carbocycles. The number of rotatable bonds is 5. The quantitative estimate of drug-likeness (QED) is 0.768. The van der Waals surface area contributed by atoms with Crippen LogP contribution in [0.15, 0.2) is 0 Å². The lowest BCUT2D eigenvalue weighted by Crippen LogP contribution is -2.48. The first-order valence-corrected chi connectivity index (χ1v) is 7.13. The van der Waals surface area contributed by atoms with Crippen LogP contribution in [0.4, 0.5) is 0 Å². The smallest absolute Gasteiger partial charge is 0.305 e. The molecule has 0 aromatic carbocycles. The van der Waals surface area contributed by atoms with E-state index >= 15 is 0 Å². The number of hydrogen-bond donors (Lipinski definition) is 1. The number of ether oxygens (including phenoxy) is 1. The molecule has 0 saturated heterocycles. The Bertz CT molecular complexity index is 288. The number of carbonyl (C=O) groups excluding carboxylic acids is 1. The second kappa shape index (κ2) is 6.05. The summed E-state index contributed by atoms with van der Waals surface area (Å²) in [5.74, 6) is 0.340. The maximum Gasteiger partial charge on any atom is 0.305 e. The average Bonchev–Trinajstić information content (AvgIpc) is 2.34. The van der Waals surface area contributed by atoms with E-state index in [2.05, 4.69) is 26.1 Å². The highest BCUT2D eigenvalue weighted by molar-refractivity contribution is 5.69. The van der Waals surface area contributed by atoms with Gasteiger partial charge < -0.3 is 10.1 Å². The topological polar surface area (TPSA) is 38.3 Å². The molecule has 0 aromatic heterocycles. The maximum absolute atomic E-state index is 11.7. The average molecular weight is 255 g/mol. The molecule has 0 bridgehead atoms. The molecule has 0 heterocycles. The summed E-state index contributed by atoms with van der Waals surface area (Å²) in [5.41, 5.74) is 0.462. The van der Waals surface area contributed by atoms with Gasteiger partial charge in [0.1, 0.15) is 0 Å². The number of methoxy groups -OCH3 is 1. The van der Waals surface area contributed by atoms with E-state index < -0.39 is 0 Å². The lowest BCUT2D eigenvalue weighted by atomic mass is 9.54. The van der Waals surface area contributed by atoms with Crippen LogP contribution in [0, 0.1) is 16.7 Å². The fraction of sp³-hybridized carbons (Fsp3) is 0.933. The van der Waals surface area contributed by atoms with E-state index in [1.54, 1.807) is 0 Å². The van der Waals surface area contributed by atoms with Crippen LogP contribution in [0.2, 0.25) is 0 Å². The Morgan fingerprint density at radius 3 is 2.44 bits per heavy atom. The van der Waals surface area contributed by atoms with Gasteiger partial charge in [-0.1, -0.05) is 33.6 Å². The van der Waals surface area contributed by atoms with Crippen LogP contribution >= 0.6 is 0 Å². The van der Waals surface area contributed by atoms with E-state index in [1.807, 2.05) is 7.05 Å². The third kappa shape index (κ3) is 3.05. The van der Waals surface area contributed by atoms with Crippen molar-refractivity contribution >= 4 is 5.97 Å². The van der Waals surface area contributed by atoms with Gasteiger partial charge in [-0.3, -0.25) is 4.79 Å². The molecular weight excluding hydrogens is 226 g/mol. The Labute approximate surface area is 112 Å². The van der Waals surface area contributed by atoms with E-state index in [9.17, 15) is 4.79 Å². The Morgan fingerprint density at radius 1 is 1.33 bits per heavy atom. The van der Waals surface area contributed by atoms with Crippen molar-refractivity contribution in [1.29, 1.82) is 0 Å². The van der Waals surface area contributed by atoms with E-state index in [-0.39, 0.29) is 16.8 Å². The van der Waals surface area contributed by atoms with Crippen LogP contribution < -0.4 is 5.32 Å². The summed E-state index contributed by atoms with van der Waals surface area (Å²) >= 11 is 0. The molecule has 1 rings (SSSR count). The molecule has 0 aromatic rings. The first-order chi connectivity index (χ1) is 8.41. The van der Waals surface area contributed by atoms with Gasteiger partial charge in [0, 0.05) is 13.0 Å². The van der Waals surface area contributed by atoms with Gasteiger partial charge in [0.25, 0.3) is 0 Å². The minimum atomic E-state index is -0.0658. The van der Waals surface area contributed by atoms with Crippen molar-refractivity contribution in [2.45, 2.75) is 52.9 Å². The number of esters is 1. The largest absolute Gasteiger partial charge is 0.469 e. The lowest BCUT2D eigenvalue weighted by Gasteiger charge is -2.52. The summed E-state index contributed by atoms with van der Waals surface area (Å²) in [6, 6.07) is 0. The first kappa shape index (κ1) is 15.5. The van der Waals surface area contributed by atoms with Gasteiger partial charge in [-0.25, -0.2) is 0 Å². The Hall–Kier alpha value is -0.570. The Balaban J connectivity index is 2.97. The van der Waals surface area contributed by atoms with Crippen LogP contribution in [0.25, 0.3) is 0 Å². The highest BCUT2D eigenvalue weighted by Crippen LogP contribution is 2.54. The molecule has 3 nitrogen and oxygen atoms in total. The van der Waals surface area contributed by atoms with Crippen LogP contribution in [0.5, 0.6) is 0 Å². The fourth-order valence-corrected chi connectivity index (χ4v) is 3.87. The van der Waals surface area contributed by atoms with Crippen LogP contribution in [0.1, 0.15) is 52.9 Å². The van der Waals surface area contributed by atoms with Crippen LogP contribution in [-0.2, 0) is 9.53 Å². The van der Waals surface area contributed by atoms with Crippen molar-refractivity contribution in [3.8, 4) is 0 Å². The molecule has 0 spiro atoms. The molecule has 1 fully saturated rings. The van der Waals surface area contributed by atoms with Gasteiger partial charge in [0.05, 0.1) is 7.11 Å². The normalized spacial score (nSPS) is 36.4. The molecule has 0 amide bonds. The third-order valence-corrected chi connectivity index (χ3v) is 5.17. The second-order valence-corrected chi connectivity index (χ2v) is 6.38. The molecule has 1 N–H and O–H groups in total. The predicted octanol–water partition coefficient (Wildman–Crippen LogP) is 2.99. The lowest BCUT2D eigenvalue weighted by molar-refractivity contribution is -0.146. The fourth-order valence-electron chi connectivity index (χ4n) is 3.87. The van der Waals surface area contributed by atoms with Crippen molar-refractivity contribution in [3.63, 3.8) is 0 Å². The third-order valence-electron chi connectivity index (χ3n) is 5.17. The summed E-state index contributed by atoms with van der Waals surface area (Å²) in [6.45, 7) is 7.89. The molecule has 3 atom stereocenters. The van der Waals surface area contributed by atoms with Gasteiger partial charge in [0.2, 0.25) is 0 Å². The van der Waals surface area contributed by atoms with Crippen molar-refractivity contribution < 1.29 is 9.53 Å². The maximum atomic E-state index is 11.7. The van der Waals surface area contributed by atoms with Crippen molar-refractivity contribution in [2.75, 3.05) is 20.7 Å². The van der Waals surface area contributed by atoms with E-state index in [0.717, 1.165) is 13.0 Å². The Kier molecular flexibility index (Phi) is 5.20. The molecule has 3 heteroatoms. The van der Waals surface area contributed by atoms with E-state index in [4.69, 9.17) is 4.74 Å². The number of nitrogens with one attached hydrogen (secondary N) is 1. The van der Waals surface area contributed by atoms with Gasteiger partial charge in [-0.05, 0) is 36.6 Å². The molecule has 0 aliphatic heterocycles. The molecular formula is C15H29NO2. The molecule has 0 radical (unpaired) electrons. The summed E-state index contributed by atoms with van der Waals surface area (Å²) in [6.07, 6.45) is 5.38. The van der Waals surface area contributed by atoms with Gasteiger partial charge in [-0.15, -0.1) is 0 Å². The van der Waals surface area contributed by atoms with Gasteiger partial charge >= 0.3 is 5.97 Å². The molecule has 1 aliphatic carbocycles. The predicted molar refractivity (Wildman–Crippen MR) is 74.4 cm³/mol. The van der Waals surface area contributed by atoms with Crippen LogP contribution in [-0.4, -0.2) is 26.7 Å². The van der Waals surface area contributed by atoms with Crippen molar-refractivity contribution in [3.05, 3.63) is 0 Å². The summed E-state index contributed by atoms with van der Waals surface area (Å²) < 4.78 is 4.90. The number of carbonyl (C=O) groups is 1. The zero-order valence-electron chi connectivity index (χ0n) is 12.6. The second-order valence-electron chi connectivity index (χ2n) is 6.38. The SMILES string of the molecule is CCC1(C)CCCC(C)(CNC)C1CC(=O)OC. The molecule has 18 heavy (non-hydrogen) atoms. The molecule has 106 valence electrons. The zero-order valence-corrected chi connectivity index (χ0v) is 12.6. The highest BCUT2D eigenvalue weighted by atomic mass is 16.5. The summed E-state index contributed by atoms with van der Waals surface area (Å²) in [4.78, 5) is 11.7. The molecule has 1 aliphatic rings. The highest BCUT2D eigenvalue weighted by Gasteiger charge is 2.48. The molecule has 3 unspecified atom stereocenters. The van der Waals surface area contributed by atoms with E-state index in [1.165, 1.54) is 26.4 Å². The first-order valence-electron chi connectivity index (χ1n) is 7.13. The minimum absolute atomic E-state index is 0.0658. The number of hydrogen-bond acceptors (Lipinski definition) is 3. The van der Waals surface area contributed by atoms with Gasteiger partial charge in [-0.2, -0.15) is 0 Å².